The van der Waals surface area contributed by atoms with Crippen molar-refractivity contribution in [3.63, 3.8) is 0 Å². The van der Waals surface area contributed by atoms with Gasteiger partial charge in [0.1, 0.15) is 23.7 Å². The quantitative estimate of drug-likeness (QED) is 0.300. The van der Waals surface area contributed by atoms with Gasteiger partial charge >= 0.3 is 0 Å². The first-order chi connectivity index (χ1) is 13.2. The Morgan fingerprint density at radius 2 is 1.71 bits per heavy atom. The van der Waals surface area contributed by atoms with Crippen molar-refractivity contribution < 1.29 is 13.6 Å². The van der Waals surface area contributed by atoms with E-state index in [0.717, 1.165) is 33.6 Å². The number of furan rings is 1. The average Bonchev–Trinajstić information content (AvgIpc) is 3.01. The van der Waals surface area contributed by atoms with Gasteiger partial charge in [-0.1, -0.05) is 32.4 Å². The standard InChI is InChI=1S/C22H25Cl2O3Si/c1-22(2,3)19-18-16(26-20(19)14-6-8-15(24)9-7-14)10-11-17(27-28(4)5)21(18)25-13-12-23/h6-11H,12-13H2,1-5H3. The van der Waals surface area contributed by atoms with Crippen LogP contribution >= 0.6 is 23.2 Å². The first-order valence-corrected chi connectivity index (χ1v) is 12.6. The molecule has 0 aliphatic rings. The highest BCUT2D eigenvalue weighted by molar-refractivity contribution is 6.49. The van der Waals surface area contributed by atoms with Crippen LogP contribution in [0.3, 0.4) is 0 Å². The van der Waals surface area contributed by atoms with Crippen molar-refractivity contribution in [2.45, 2.75) is 39.3 Å². The maximum Gasteiger partial charge on any atom is 0.274 e. The fourth-order valence-corrected chi connectivity index (χ4v) is 4.05. The fraction of sp³-hybridized carbons (Fsp3) is 0.364. The minimum Gasteiger partial charge on any atom is -0.540 e. The van der Waals surface area contributed by atoms with E-state index in [9.17, 15) is 0 Å². The van der Waals surface area contributed by atoms with Gasteiger partial charge in [-0.3, -0.25) is 0 Å². The average molecular weight is 436 g/mol. The summed E-state index contributed by atoms with van der Waals surface area (Å²) in [5.41, 5.74) is 2.66. The molecule has 0 saturated carbocycles. The molecule has 1 heterocycles. The highest BCUT2D eigenvalue weighted by Crippen LogP contribution is 2.48. The summed E-state index contributed by atoms with van der Waals surface area (Å²) in [5.74, 6) is 2.67. The van der Waals surface area contributed by atoms with Gasteiger partial charge in [-0.25, -0.2) is 0 Å². The number of halogens is 2. The van der Waals surface area contributed by atoms with Crippen molar-refractivity contribution in [2.24, 2.45) is 0 Å². The van der Waals surface area contributed by atoms with Gasteiger partial charge < -0.3 is 13.6 Å². The van der Waals surface area contributed by atoms with Crippen LogP contribution in [0.4, 0.5) is 0 Å². The molecule has 0 fully saturated rings. The maximum absolute atomic E-state index is 6.33. The third-order valence-electron chi connectivity index (χ3n) is 4.27. The van der Waals surface area contributed by atoms with Gasteiger partial charge in [-0.15, -0.1) is 11.6 Å². The van der Waals surface area contributed by atoms with E-state index < -0.39 is 9.04 Å². The van der Waals surface area contributed by atoms with Crippen LogP contribution in [-0.2, 0) is 5.41 Å². The molecular weight excluding hydrogens is 411 g/mol. The Bertz CT molecular complexity index is 957. The number of hydrogen-bond acceptors (Lipinski definition) is 3. The van der Waals surface area contributed by atoms with Gasteiger partial charge in [0.25, 0.3) is 9.04 Å². The van der Waals surface area contributed by atoms with E-state index >= 15 is 0 Å². The first-order valence-electron chi connectivity index (χ1n) is 9.25. The predicted octanol–water partition coefficient (Wildman–Crippen LogP) is 7.30. The smallest absolute Gasteiger partial charge is 0.274 e. The summed E-state index contributed by atoms with van der Waals surface area (Å²) in [7, 11) is -0.957. The Morgan fingerprint density at radius 1 is 1.04 bits per heavy atom. The SMILES string of the molecule is C[Si](C)Oc1ccc2oc(-c3ccc(Cl)cc3)c(C(C)(C)C)c2c1OCCCl. The Morgan fingerprint density at radius 3 is 2.29 bits per heavy atom. The Labute approximate surface area is 178 Å². The Balaban J connectivity index is 2.33. The van der Waals surface area contributed by atoms with Gasteiger partial charge in [-0.05, 0) is 54.9 Å². The van der Waals surface area contributed by atoms with Crippen molar-refractivity contribution in [2.75, 3.05) is 12.5 Å². The molecule has 0 N–H and O–H groups in total. The van der Waals surface area contributed by atoms with Crippen molar-refractivity contribution in [1.82, 2.24) is 0 Å². The summed E-state index contributed by atoms with van der Waals surface area (Å²) in [6, 6.07) is 11.6. The molecule has 0 spiro atoms. The van der Waals surface area contributed by atoms with E-state index in [1.165, 1.54) is 0 Å². The molecule has 0 aliphatic heterocycles. The molecule has 3 nitrogen and oxygen atoms in total. The van der Waals surface area contributed by atoms with Gasteiger partial charge in [-0.2, -0.15) is 0 Å². The Hall–Kier alpha value is -1.62. The van der Waals surface area contributed by atoms with Crippen LogP contribution in [0, 0.1) is 0 Å². The van der Waals surface area contributed by atoms with Gasteiger partial charge in [0, 0.05) is 16.1 Å². The fourth-order valence-electron chi connectivity index (χ4n) is 3.25. The second-order valence-electron chi connectivity index (χ2n) is 7.88. The third kappa shape index (κ3) is 4.34. The van der Waals surface area contributed by atoms with E-state index in [4.69, 9.17) is 36.8 Å². The van der Waals surface area contributed by atoms with E-state index in [1.807, 2.05) is 36.4 Å². The van der Waals surface area contributed by atoms with E-state index in [2.05, 4.69) is 33.9 Å². The number of alkyl halides is 1. The molecule has 3 aromatic rings. The number of hydrogen-bond donors (Lipinski definition) is 0. The molecule has 0 atom stereocenters. The highest BCUT2D eigenvalue weighted by atomic mass is 35.5. The van der Waals surface area contributed by atoms with E-state index in [1.54, 1.807) is 0 Å². The van der Waals surface area contributed by atoms with Crippen molar-refractivity contribution in [3.8, 4) is 22.8 Å². The van der Waals surface area contributed by atoms with Crippen LogP contribution in [0.15, 0.2) is 40.8 Å². The topological polar surface area (TPSA) is 31.6 Å². The molecular formula is C22H25Cl2O3Si. The highest BCUT2D eigenvalue weighted by Gasteiger charge is 2.30. The van der Waals surface area contributed by atoms with Crippen molar-refractivity contribution in [3.05, 3.63) is 47.0 Å². The lowest BCUT2D eigenvalue weighted by atomic mass is 9.83. The largest absolute Gasteiger partial charge is 0.540 e. The summed E-state index contributed by atoms with van der Waals surface area (Å²) >= 11 is 12.0. The summed E-state index contributed by atoms with van der Waals surface area (Å²) in [4.78, 5) is 0. The first kappa shape index (κ1) is 21.1. The lowest BCUT2D eigenvalue weighted by Crippen LogP contribution is -2.14. The normalized spacial score (nSPS) is 12.0. The van der Waals surface area contributed by atoms with Crippen molar-refractivity contribution in [1.29, 1.82) is 0 Å². The lowest BCUT2D eigenvalue weighted by Gasteiger charge is -2.22. The Kier molecular flexibility index (Phi) is 6.33. The summed E-state index contributed by atoms with van der Waals surface area (Å²) < 4.78 is 18.5. The third-order valence-corrected chi connectivity index (χ3v) is 5.30. The molecule has 149 valence electrons. The zero-order valence-electron chi connectivity index (χ0n) is 16.9. The summed E-state index contributed by atoms with van der Waals surface area (Å²) in [6.07, 6.45) is 0. The summed E-state index contributed by atoms with van der Waals surface area (Å²) in [6.45, 7) is 11.1. The minimum atomic E-state index is -0.957. The molecule has 0 unspecified atom stereocenters. The number of benzene rings is 2. The van der Waals surface area contributed by atoms with E-state index in [-0.39, 0.29) is 5.41 Å². The molecule has 6 heteroatoms. The monoisotopic (exact) mass is 435 g/mol. The maximum atomic E-state index is 6.33. The number of fused-ring (bicyclic) bond motifs is 1. The molecule has 1 radical (unpaired) electrons. The van der Waals surface area contributed by atoms with E-state index in [0.29, 0.717) is 23.3 Å². The molecule has 0 bridgehead atoms. The molecule has 0 amide bonds. The van der Waals surface area contributed by atoms with Gasteiger partial charge in [0.2, 0.25) is 0 Å². The minimum absolute atomic E-state index is 0.176. The van der Waals surface area contributed by atoms with Crippen LogP contribution in [0.25, 0.3) is 22.3 Å². The molecule has 1 aromatic heterocycles. The van der Waals surface area contributed by atoms with Crippen LogP contribution in [0.1, 0.15) is 26.3 Å². The van der Waals surface area contributed by atoms with Crippen LogP contribution in [0.5, 0.6) is 11.5 Å². The van der Waals surface area contributed by atoms with Gasteiger partial charge in [0.05, 0.1) is 11.3 Å². The second-order valence-corrected chi connectivity index (χ2v) is 10.7. The lowest BCUT2D eigenvalue weighted by molar-refractivity contribution is 0.334. The van der Waals surface area contributed by atoms with Gasteiger partial charge in [0.15, 0.2) is 5.75 Å². The molecule has 0 aliphatic carbocycles. The molecule has 3 rings (SSSR count). The number of ether oxygens (including phenoxy) is 1. The predicted molar refractivity (Wildman–Crippen MR) is 120 cm³/mol. The molecule has 28 heavy (non-hydrogen) atoms. The second kappa shape index (κ2) is 8.40. The molecule has 0 saturated heterocycles. The van der Waals surface area contributed by atoms with Crippen LogP contribution in [0.2, 0.25) is 18.1 Å². The van der Waals surface area contributed by atoms with Crippen LogP contribution < -0.4 is 9.16 Å². The zero-order valence-corrected chi connectivity index (χ0v) is 19.4. The van der Waals surface area contributed by atoms with Crippen molar-refractivity contribution >= 4 is 43.2 Å². The summed E-state index contributed by atoms with van der Waals surface area (Å²) in [5, 5.41) is 1.64. The van der Waals surface area contributed by atoms with Crippen LogP contribution in [-0.4, -0.2) is 21.5 Å². The number of rotatable bonds is 6. The molecule has 2 aromatic carbocycles. The zero-order chi connectivity index (χ0) is 20.5.